The smallest absolute Gasteiger partial charge is 0.134 e. The summed E-state index contributed by atoms with van der Waals surface area (Å²) in [5.41, 5.74) is 0. The normalized spacial score (nSPS) is 9.92. The van der Waals surface area contributed by atoms with E-state index in [2.05, 4.69) is 43.6 Å². The van der Waals surface area contributed by atoms with Crippen molar-refractivity contribution in [1.82, 2.24) is 0 Å². The Morgan fingerprint density at radius 1 is 0.720 bits per heavy atom. The van der Waals surface area contributed by atoms with Crippen LogP contribution in [0.4, 0.5) is 0 Å². The molecule has 0 rings (SSSR count). The van der Waals surface area contributed by atoms with E-state index in [1.165, 1.54) is 95.2 Å². The van der Waals surface area contributed by atoms with Crippen molar-refractivity contribution in [2.45, 2.75) is 118 Å². The molecule has 0 aliphatic heterocycles. The van der Waals surface area contributed by atoms with Gasteiger partial charge in [-0.15, -0.1) is 9.79 Å². The third kappa shape index (κ3) is 40.5. The van der Waals surface area contributed by atoms with Crippen LogP contribution < -0.4 is 0 Å². The van der Waals surface area contributed by atoms with E-state index < -0.39 is 8.25 Å². The van der Waals surface area contributed by atoms with Gasteiger partial charge in [0.05, 0.1) is 0 Å². The molecule has 0 heterocycles. The summed E-state index contributed by atoms with van der Waals surface area (Å²) in [6.07, 6.45) is 19.8. The second-order valence-electron chi connectivity index (χ2n) is 6.59. The predicted molar refractivity (Wildman–Crippen MR) is 117 cm³/mol. The summed E-state index contributed by atoms with van der Waals surface area (Å²) < 4.78 is 8.70. The molecule has 2 N–H and O–H groups in total. The molecule has 0 aromatic carbocycles. The van der Waals surface area contributed by atoms with Gasteiger partial charge in [0.15, 0.2) is 0 Å². The predicted octanol–water partition coefficient (Wildman–Crippen LogP) is 8.15. The van der Waals surface area contributed by atoms with E-state index >= 15 is 0 Å². The lowest BCUT2D eigenvalue weighted by atomic mass is 9.96. The molecule has 0 spiro atoms. The molecule has 0 aromatic heterocycles. The molecular formula is C20H45BrO3P+. The molecule has 0 saturated carbocycles. The highest BCUT2D eigenvalue weighted by Crippen LogP contribution is 2.17. The Kier molecular flexibility index (Phi) is 35.4. The first kappa shape index (κ1) is 30.2. The van der Waals surface area contributed by atoms with Crippen molar-refractivity contribution in [3.05, 3.63) is 0 Å². The summed E-state index contributed by atoms with van der Waals surface area (Å²) >= 11 is 3.42. The summed E-state index contributed by atoms with van der Waals surface area (Å²) in [5, 5.41) is 1.18. The molecule has 154 valence electrons. The minimum Gasteiger partial charge on any atom is -0.134 e. The summed E-state index contributed by atoms with van der Waals surface area (Å²) in [6, 6.07) is 0. The Labute approximate surface area is 167 Å². The summed E-state index contributed by atoms with van der Waals surface area (Å²) in [6.45, 7) is 9.17. The maximum atomic E-state index is 8.70. The first-order valence-electron chi connectivity index (χ1n) is 10.4. The lowest BCUT2D eigenvalue weighted by Crippen LogP contribution is -1.96. The van der Waals surface area contributed by atoms with Crippen LogP contribution in [0.15, 0.2) is 0 Å². The van der Waals surface area contributed by atoms with Crippen LogP contribution in [0, 0.1) is 5.92 Å². The largest absolute Gasteiger partial charge is 0.692 e. The Morgan fingerprint density at radius 3 is 1.44 bits per heavy atom. The van der Waals surface area contributed by atoms with Crippen molar-refractivity contribution in [2.75, 3.05) is 5.33 Å². The molecule has 0 fully saturated rings. The zero-order chi connectivity index (χ0) is 19.8. The Bertz CT molecular complexity index is 227. The second kappa shape index (κ2) is 29.3. The van der Waals surface area contributed by atoms with E-state index in [0.717, 1.165) is 5.92 Å². The highest BCUT2D eigenvalue weighted by molar-refractivity contribution is 9.09. The molecule has 0 saturated heterocycles. The first-order valence-corrected chi connectivity index (χ1v) is 12.7. The van der Waals surface area contributed by atoms with Crippen LogP contribution in [-0.2, 0) is 4.57 Å². The Hall–Kier alpha value is 0.500. The van der Waals surface area contributed by atoms with Gasteiger partial charge in [-0.1, -0.05) is 127 Å². The highest BCUT2D eigenvalue weighted by Gasteiger charge is 2.01. The van der Waals surface area contributed by atoms with Crippen LogP contribution in [0.2, 0.25) is 0 Å². The van der Waals surface area contributed by atoms with Gasteiger partial charge >= 0.3 is 8.25 Å². The van der Waals surface area contributed by atoms with Crippen LogP contribution >= 0.6 is 24.2 Å². The molecule has 0 aliphatic rings. The van der Waals surface area contributed by atoms with Gasteiger partial charge in [0.2, 0.25) is 0 Å². The van der Waals surface area contributed by atoms with E-state index in [1.807, 2.05) is 0 Å². The minimum atomic E-state index is -2.87. The van der Waals surface area contributed by atoms with E-state index in [-0.39, 0.29) is 0 Å². The van der Waals surface area contributed by atoms with E-state index in [1.54, 1.807) is 0 Å². The van der Waals surface area contributed by atoms with Gasteiger partial charge in [-0.2, -0.15) is 0 Å². The molecular weight excluding hydrogens is 399 g/mol. The molecule has 0 bridgehead atoms. The fourth-order valence-corrected chi connectivity index (χ4v) is 3.00. The lowest BCUT2D eigenvalue weighted by Gasteiger charge is -2.10. The maximum absolute atomic E-state index is 8.70. The third-order valence-corrected chi connectivity index (χ3v) is 4.92. The number of rotatable bonds is 14. The van der Waals surface area contributed by atoms with Crippen LogP contribution in [0.3, 0.4) is 0 Å². The van der Waals surface area contributed by atoms with Crippen LogP contribution in [0.1, 0.15) is 118 Å². The van der Waals surface area contributed by atoms with Crippen LogP contribution in [0.5, 0.6) is 0 Å². The fraction of sp³-hybridized carbons (Fsp3) is 1.00. The van der Waals surface area contributed by atoms with Crippen molar-refractivity contribution < 1.29 is 14.4 Å². The molecule has 0 aliphatic carbocycles. The molecule has 0 atom stereocenters. The van der Waals surface area contributed by atoms with Gasteiger partial charge in [-0.3, -0.25) is 0 Å². The van der Waals surface area contributed by atoms with Crippen molar-refractivity contribution in [3.63, 3.8) is 0 Å². The van der Waals surface area contributed by atoms with Crippen molar-refractivity contribution in [1.29, 1.82) is 0 Å². The molecule has 0 aromatic rings. The van der Waals surface area contributed by atoms with Crippen LogP contribution in [-0.4, -0.2) is 15.1 Å². The van der Waals surface area contributed by atoms with Crippen LogP contribution in [0.25, 0.3) is 0 Å². The summed E-state index contributed by atoms with van der Waals surface area (Å²) in [4.78, 5) is 14.2. The molecule has 0 radical (unpaired) electrons. The maximum Gasteiger partial charge on any atom is 0.692 e. The van der Waals surface area contributed by atoms with Gasteiger partial charge in [-0.25, -0.2) is 0 Å². The third-order valence-electron chi connectivity index (χ3n) is 4.36. The number of alkyl halides is 1. The second-order valence-corrected chi connectivity index (χ2v) is 7.89. The molecule has 5 heteroatoms. The lowest BCUT2D eigenvalue weighted by molar-refractivity contribution is 0.405. The van der Waals surface area contributed by atoms with Gasteiger partial charge in [0.1, 0.15) is 0 Å². The average Bonchev–Trinajstić information content (AvgIpc) is 2.58. The molecule has 0 amide bonds. The van der Waals surface area contributed by atoms with E-state index in [4.69, 9.17) is 14.4 Å². The van der Waals surface area contributed by atoms with Gasteiger partial charge in [-0.05, 0) is 12.3 Å². The molecule has 0 unspecified atom stereocenters. The fourth-order valence-electron chi connectivity index (χ4n) is 2.61. The topological polar surface area (TPSA) is 57.5 Å². The van der Waals surface area contributed by atoms with Crippen molar-refractivity contribution >= 4 is 24.2 Å². The minimum absolute atomic E-state index is 1.01. The highest BCUT2D eigenvalue weighted by atomic mass is 79.9. The number of unbranched alkanes of at least 4 members (excludes halogenated alkanes) is 9. The monoisotopic (exact) mass is 443 g/mol. The quantitative estimate of drug-likeness (QED) is 0.161. The molecule has 3 nitrogen and oxygen atoms in total. The van der Waals surface area contributed by atoms with Gasteiger partial charge < -0.3 is 0 Å². The van der Waals surface area contributed by atoms with Crippen molar-refractivity contribution in [2.24, 2.45) is 5.92 Å². The number of hydrogen-bond acceptors (Lipinski definition) is 1. The number of halogens is 1. The average molecular weight is 444 g/mol. The zero-order valence-corrected chi connectivity index (χ0v) is 19.8. The first-order chi connectivity index (χ1) is 12.0. The van der Waals surface area contributed by atoms with Crippen molar-refractivity contribution in [3.8, 4) is 0 Å². The Balaban J connectivity index is -0.000000328. The summed E-state index contributed by atoms with van der Waals surface area (Å²) in [7, 11) is -2.87. The SMILES string of the molecule is CCCCCCCC(CC)CC.CCCCCCCCBr.O=[P+](O)O. The standard InChI is InChI=1S/C12H26.C8H17Br.HO3P/c1-4-7-8-9-10-11-12(5-2)6-3;1-2-3-4-5-6-7-8-9;1-4(2)3/h12H,4-11H2,1-3H3;2-8H2,1H3;(H-,1,2,3)/p+1. The van der Waals surface area contributed by atoms with Gasteiger partial charge in [0, 0.05) is 9.90 Å². The van der Waals surface area contributed by atoms with E-state index in [9.17, 15) is 0 Å². The zero-order valence-electron chi connectivity index (χ0n) is 17.3. The molecule has 25 heavy (non-hydrogen) atoms. The summed E-state index contributed by atoms with van der Waals surface area (Å²) in [5.74, 6) is 1.01. The van der Waals surface area contributed by atoms with E-state index in [0.29, 0.717) is 0 Å². The number of hydrogen-bond donors (Lipinski definition) is 2. The van der Waals surface area contributed by atoms with Gasteiger partial charge in [0.25, 0.3) is 0 Å². The Morgan fingerprint density at radius 2 is 1.08 bits per heavy atom.